The van der Waals surface area contributed by atoms with E-state index in [1.165, 1.54) is 6.08 Å². The molecule has 3 aromatic carbocycles. The molecular weight excluding hydrogens is 576 g/mol. The lowest BCUT2D eigenvalue weighted by molar-refractivity contribution is -0.126. The third-order valence-corrected chi connectivity index (χ3v) is 9.27. The zero-order chi connectivity index (χ0) is 30.7. The Morgan fingerprint density at radius 2 is 2.02 bits per heavy atom. The standard InChI is InChI=1S/C34H33ClN6O3/c1-5-28(42)39-13-14-40-21(18-39)12-15-44-32-30-27(16-23(31(32)35)29-20(4)10-11-25-24(29)17-36-38-25)41(34(43)37-33(30)40)26-9-7-6-8-22(26)19(2)3/h5-11,16-17,19,21H,1,12-15,18H2,2-4H3,(H,36,38). The van der Waals surface area contributed by atoms with E-state index in [0.29, 0.717) is 60.2 Å². The molecule has 0 spiro atoms. The molecule has 10 heteroatoms. The average molecular weight is 609 g/mol. The Hall–Kier alpha value is -4.63. The first-order valence-electron chi connectivity index (χ1n) is 14.9. The third-order valence-electron chi connectivity index (χ3n) is 8.90. The van der Waals surface area contributed by atoms with Gasteiger partial charge in [-0.25, -0.2) is 4.79 Å². The fourth-order valence-electron chi connectivity index (χ4n) is 6.74. The number of nitrogens with one attached hydrogen (secondary N) is 1. The lowest BCUT2D eigenvalue weighted by atomic mass is 9.94. The summed E-state index contributed by atoms with van der Waals surface area (Å²) in [5.74, 6) is 1.08. The number of anilines is 1. The van der Waals surface area contributed by atoms with Crippen LogP contribution in [0.4, 0.5) is 5.82 Å². The topological polar surface area (TPSA) is 96.4 Å². The molecule has 4 heterocycles. The van der Waals surface area contributed by atoms with Gasteiger partial charge in [0.15, 0.2) is 5.75 Å². The smallest absolute Gasteiger partial charge is 0.354 e. The molecule has 0 radical (unpaired) electrons. The Morgan fingerprint density at radius 1 is 1.20 bits per heavy atom. The summed E-state index contributed by atoms with van der Waals surface area (Å²) < 4.78 is 8.24. The number of ether oxygens (including phenoxy) is 1. The molecule has 9 nitrogen and oxygen atoms in total. The molecule has 0 bridgehead atoms. The number of H-pyrrole nitrogens is 1. The molecule has 7 rings (SSSR count). The van der Waals surface area contributed by atoms with Crippen LogP contribution in [0, 0.1) is 6.92 Å². The maximum absolute atomic E-state index is 14.2. The Morgan fingerprint density at radius 3 is 2.82 bits per heavy atom. The van der Waals surface area contributed by atoms with Crippen LogP contribution in [0.3, 0.4) is 0 Å². The number of carbonyl (C=O) groups is 1. The zero-order valence-corrected chi connectivity index (χ0v) is 25.7. The number of rotatable bonds is 4. The molecule has 1 atom stereocenters. The van der Waals surface area contributed by atoms with Crippen LogP contribution in [0.1, 0.15) is 37.3 Å². The van der Waals surface area contributed by atoms with Crippen LogP contribution < -0.4 is 15.3 Å². The van der Waals surface area contributed by atoms with Gasteiger partial charge in [0.05, 0.1) is 46.0 Å². The van der Waals surface area contributed by atoms with Crippen molar-refractivity contribution in [2.45, 2.75) is 39.2 Å². The molecule has 0 aliphatic carbocycles. The van der Waals surface area contributed by atoms with Crippen LogP contribution in [-0.2, 0) is 4.79 Å². The Balaban J connectivity index is 1.57. The summed E-state index contributed by atoms with van der Waals surface area (Å²) >= 11 is 7.32. The van der Waals surface area contributed by atoms with Crippen molar-refractivity contribution >= 4 is 45.1 Å². The third kappa shape index (κ3) is 4.37. The van der Waals surface area contributed by atoms with Crippen molar-refractivity contribution in [2.24, 2.45) is 0 Å². The summed E-state index contributed by atoms with van der Waals surface area (Å²) in [5, 5.41) is 9.42. The predicted octanol–water partition coefficient (Wildman–Crippen LogP) is 6.00. The van der Waals surface area contributed by atoms with Gasteiger partial charge in [-0.15, -0.1) is 0 Å². The van der Waals surface area contributed by atoms with E-state index in [2.05, 4.69) is 35.5 Å². The van der Waals surface area contributed by atoms with Crippen molar-refractivity contribution in [3.05, 3.63) is 88.0 Å². The van der Waals surface area contributed by atoms with E-state index in [0.717, 1.165) is 38.8 Å². The average Bonchev–Trinajstić information content (AvgIpc) is 3.49. The first-order valence-corrected chi connectivity index (χ1v) is 15.3. The normalized spacial score (nSPS) is 16.5. The summed E-state index contributed by atoms with van der Waals surface area (Å²) in [4.78, 5) is 35.4. The van der Waals surface area contributed by atoms with Crippen LogP contribution >= 0.6 is 11.6 Å². The first-order chi connectivity index (χ1) is 21.3. The zero-order valence-electron chi connectivity index (χ0n) is 24.9. The van der Waals surface area contributed by atoms with Gasteiger partial charge in [-0.05, 0) is 53.8 Å². The highest BCUT2D eigenvalue weighted by atomic mass is 35.5. The number of para-hydroxylation sites is 1. The molecule has 2 aromatic heterocycles. The highest BCUT2D eigenvalue weighted by molar-refractivity contribution is 6.37. The van der Waals surface area contributed by atoms with Gasteiger partial charge >= 0.3 is 5.69 Å². The van der Waals surface area contributed by atoms with Crippen molar-refractivity contribution in [3.63, 3.8) is 0 Å². The Kier molecular flexibility index (Phi) is 6.93. The Bertz CT molecular complexity index is 2030. The lowest BCUT2D eigenvalue weighted by Gasteiger charge is -2.43. The predicted molar refractivity (Wildman–Crippen MR) is 174 cm³/mol. The van der Waals surface area contributed by atoms with Crippen LogP contribution in [-0.4, -0.2) is 62.8 Å². The summed E-state index contributed by atoms with van der Waals surface area (Å²) in [6, 6.07) is 13.9. The number of aromatic nitrogens is 4. The lowest BCUT2D eigenvalue weighted by Crippen LogP contribution is -2.56. The van der Waals surface area contributed by atoms with E-state index in [1.54, 1.807) is 15.7 Å². The highest BCUT2D eigenvalue weighted by Crippen LogP contribution is 2.48. The van der Waals surface area contributed by atoms with Gasteiger partial charge in [0.1, 0.15) is 5.82 Å². The van der Waals surface area contributed by atoms with Gasteiger partial charge in [0.2, 0.25) is 5.91 Å². The maximum atomic E-state index is 14.2. The molecule has 1 fully saturated rings. The van der Waals surface area contributed by atoms with Crippen molar-refractivity contribution in [1.82, 2.24) is 24.6 Å². The number of nitrogens with zero attached hydrogens (tertiary/aromatic N) is 5. The number of aryl methyl sites for hydroxylation is 1. The summed E-state index contributed by atoms with van der Waals surface area (Å²) in [5.41, 5.74) is 5.65. The first kappa shape index (κ1) is 28.2. The largest absolute Gasteiger partial charge is 0.491 e. The van der Waals surface area contributed by atoms with Crippen molar-refractivity contribution in [2.75, 3.05) is 31.1 Å². The number of amides is 1. The number of piperazine rings is 1. The molecule has 44 heavy (non-hydrogen) atoms. The van der Waals surface area contributed by atoms with E-state index in [4.69, 9.17) is 21.3 Å². The molecule has 1 saturated heterocycles. The van der Waals surface area contributed by atoms with E-state index in [9.17, 15) is 9.59 Å². The van der Waals surface area contributed by atoms with Crippen molar-refractivity contribution in [3.8, 4) is 22.6 Å². The second kappa shape index (κ2) is 10.8. The maximum Gasteiger partial charge on any atom is 0.354 e. The molecule has 2 aliphatic rings. The molecule has 1 N–H and O–H groups in total. The number of halogens is 1. The minimum absolute atomic E-state index is 0.0879. The summed E-state index contributed by atoms with van der Waals surface area (Å²) in [6.07, 6.45) is 3.77. The fourth-order valence-corrected chi connectivity index (χ4v) is 7.04. The van der Waals surface area contributed by atoms with E-state index in [-0.39, 0.29) is 23.6 Å². The van der Waals surface area contributed by atoms with Gasteiger partial charge in [0.25, 0.3) is 0 Å². The van der Waals surface area contributed by atoms with Gasteiger partial charge in [0, 0.05) is 37.0 Å². The van der Waals surface area contributed by atoms with Crippen LogP contribution in [0.5, 0.6) is 5.75 Å². The second-order valence-corrected chi connectivity index (χ2v) is 12.2. The number of carbonyl (C=O) groups excluding carboxylic acids is 1. The van der Waals surface area contributed by atoms with Gasteiger partial charge in [-0.1, -0.05) is 56.3 Å². The van der Waals surface area contributed by atoms with Gasteiger partial charge < -0.3 is 14.5 Å². The van der Waals surface area contributed by atoms with Gasteiger partial charge in [-0.2, -0.15) is 10.1 Å². The molecule has 2 aliphatic heterocycles. The Labute approximate surface area is 259 Å². The molecule has 224 valence electrons. The highest BCUT2D eigenvalue weighted by Gasteiger charge is 2.35. The summed E-state index contributed by atoms with van der Waals surface area (Å²) in [7, 11) is 0. The quantitative estimate of drug-likeness (QED) is 0.251. The molecule has 1 unspecified atom stereocenters. The molecule has 1 amide bonds. The number of hydrogen-bond donors (Lipinski definition) is 1. The number of benzene rings is 3. The fraction of sp³-hybridized carbons (Fsp3) is 0.294. The number of hydrogen-bond acceptors (Lipinski definition) is 6. The SMILES string of the molecule is C=CC(=O)N1CCN2c3nc(=O)n(-c4ccccc4C(C)C)c4cc(-c5c(C)ccc6[nH]ncc56)c(Cl)c(c34)OCCC2C1. The van der Waals surface area contributed by atoms with Gasteiger partial charge in [-0.3, -0.25) is 14.5 Å². The minimum Gasteiger partial charge on any atom is -0.491 e. The molecule has 5 aromatic rings. The van der Waals surface area contributed by atoms with Crippen LogP contribution in [0.2, 0.25) is 5.02 Å². The van der Waals surface area contributed by atoms with E-state index < -0.39 is 0 Å². The van der Waals surface area contributed by atoms with Crippen LogP contribution in [0.15, 0.2) is 66.1 Å². The molecular formula is C34H33ClN6O3. The minimum atomic E-state index is -0.387. The summed E-state index contributed by atoms with van der Waals surface area (Å²) in [6.45, 7) is 11.8. The number of fused-ring (bicyclic) bond motifs is 3. The molecule has 0 saturated carbocycles. The van der Waals surface area contributed by atoms with E-state index in [1.807, 2.05) is 49.4 Å². The van der Waals surface area contributed by atoms with Crippen molar-refractivity contribution < 1.29 is 9.53 Å². The van der Waals surface area contributed by atoms with Crippen LogP contribution in [0.25, 0.3) is 38.6 Å². The van der Waals surface area contributed by atoms with Crippen molar-refractivity contribution in [1.29, 1.82) is 0 Å². The monoisotopic (exact) mass is 608 g/mol. The second-order valence-electron chi connectivity index (χ2n) is 11.8. The van der Waals surface area contributed by atoms with E-state index >= 15 is 0 Å². The number of aromatic amines is 1.